The number of aliphatic imine (C=N–C) groups is 1. The second-order valence-electron chi connectivity index (χ2n) is 7.43. The molecule has 3 nitrogen and oxygen atoms in total. The van der Waals surface area contributed by atoms with Gasteiger partial charge in [-0.2, -0.15) is 0 Å². The molecule has 3 atom stereocenters. The Labute approximate surface area is 191 Å². The summed E-state index contributed by atoms with van der Waals surface area (Å²) in [7, 11) is 0. The maximum Gasteiger partial charge on any atom is 0.160 e. The van der Waals surface area contributed by atoms with Crippen LogP contribution in [0.5, 0.6) is 0 Å². The molecule has 3 aromatic rings. The number of aromatic nitrogens is 1. The Kier molecular flexibility index (Phi) is 5.77. The van der Waals surface area contributed by atoms with Gasteiger partial charge in [0.05, 0.1) is 11.7 Å². The van der Waals surface area contributed by atoms with Gasteiger partial charge in [0.1, 0.15) is 6.04 Å². The number of fused-ring (bicyclic) bond motifs is 1. The smallest absolute Gasteiger partial charge is 0.160 e. The highest BCUT2D eigenvalue weighted by atomic mass is 35.5. The lowest BCUT2D eigenvalue weighted by Gasteiger charge is -2.33. The second kappa shape index (κ2) is 8.66. The monoisotopic (exact) mass is 451 g/mol. The zero-order valence-corrected chi connectivity index (χ0v) is 19.0. The zero-order chi connectivity index (χ0) is 20.5. The molecule has 0 saturated carbocycles. The fourth-order valence-corrected chi connectivity index (χ4v) is 6.58. The van der Waals surface area contributed by atoms with Gasteiger partial charge in [0.15, 0.2) is 5.17 Å². The average molecular weight is 452 g/mol. The summed E-state index contributed by atoms with van der Waals surface area (Å²) < 4.78 is 0. The van der Waals surface area contributed by atoms with E-state index in [4.69, 9.17) is 16.6 Å². The van der Waals surface area contributed by atoms with Crippen molar-refractivity contribution in [1.82, 2.24) is 9.88 Å². The van der Waals surface area contributed by atoms with Crippen molar-refractivity contribution in [2.24, 2.45) is 4.99 Å². The van der Waals surface area contributed by atoms with Crippen LogP contribution in [0.3, 0.4) is 0 Å². The molecule has 1 fully saturated rings. The van der Waals surface area contributed by atoms with Crippen molar-refractivity contribution in [3.05, 3.63) is 89.2 Å². The number of hydrogen-bond acceptors (Lipinski definition) is 5. The number of nitrogens with zero attached hydrogens (tertiary/aromatic N) is 3. The van der Waals surface area contributed by atoms with Crippen LogP contribution >= 0.6 is 35.1 Å². The molecule has 6 heteroatoms. The van der Waals surface area contributed by atoms with E-state index in [2.05, 4.69) is 65.3 Å². The molecular formula is C24H22ClN3S2. The first kappa shape index (κ1) is 20.0. The molecule has 0 N–H and O–H groups in total. The van der Waals surface area contributed by atoms with Crippen LogP contribution in [0.1, 0.15) is 36.7 Å². The van der Waals surface area contributed by atoms with Gasteiger partial charge in [0.25, 0.3) is 0 Å². The zero-order valence-electron chi connectivity index (χ0n) is 16.6. The molecule has 30 heavy (non-hydrogen) atoms. The fraction of sp³-hybridized carbons (Fsp3) is 0.250. The Morgan fingerprint density at radius 2 is 1.87 bits per heavy atom. The van der Waals surface area contributed by atoms with Crippen LogP contribution < -0.4 is 0 Å². The van der Waals surface area contributed by atoms with Gasteiger partial charge in [0.2, 0.25) is 0 Å². The van der Waals surface area contributed by atoms with Gasteiger partial charge in [-0.15, -0.1) is 0 Å². The molecule has 5 rings (SSSR count). The average Bonchev–Trinajstić information content (AvgIpc) is 3.35. The summed E-state index contributed by atoms with van der Waals surface area (Å²) in [5, 5.41) is 1.92. The third kappa shape index (κ3) is 3.75. The highest BCUT2D eigenvalue weighted by Gasteiger charge is 2.46. The van der Waals surface area contributed by atoms with Crippen molar-refractivity contribution in [2.45, 2.75) is 41.3 Å². The summed E-state index contributed by atoms with van der Waals surface area (Å²) in [6.45, 7) is 2.27. The maximum absolute atomic E-state index is 6.09. The number of halogens is 1. The van der Waals surface area contributed by atoms with Gasteiger partial charge in [-0.1, -0.05) is 66.3 Å². The number of hydrogen-bond donors (Lipinski definition) is 0. The van der Waals surface area contributed by atoms with E-state index in [0.29, 0.717) is 6.04 Å². The molecule has 2 aliphatic rings. The Bertz CT molecular complexity index is 1060. The number of thioether (sulfide) groups is 1. The molecule has 0 radical (unpaired) electrons. The van der Waals surface area contributed by atoms with E-state index in [0.717, 1.165) is 28.1 Å². The quantitative estimate of drug-likeness (QED) is 0.423. The predicted octanol–water partition coefficient (Wildman–Crippen LogP) is 6.87. The highest BCUT2D eigenvalue weighted by Crippen LogP contribution is 2.50. The molecule has 0 amide bonds. The van der Waals surface area contributed by atoms with Gasteiger partial charge < -0.3 is 4.90 Å². The minimum atomic E-state index is 0.00928. The lowest BCUT2D eigenvalue weighted by Crippen LogP contribution is -2.35. The minimum Gasteiger partial charge on any atom is -0.338 e. The lowest BCUT2D eigenvalue weighted by atomic mass is 9.95. The van der Waals surface area contributed by atoms with E-state index in [9.17, 15) is 0 Å². The Morgan fingerprint density at radius 1 is 1.07 bits per heavy atom. The number of pyridine rings is 1. The van der Waals surface area contributed by atoms with Gasteiger partial charge in [0, 0.05) is 32.8 Å². The molecule has 0 spiro atoms. The van der Waals surface area contributed by atoms with Gasteiger partial charge in [-0.05, 0) is 54.4 Å². The third-order valence-electron chi connectivity index (χ3n) is 5.61. The molecule has 0 bridgehead atoms. The molecule has 3 heterocycles. The minimum absolute atomic E-state index is 0.00928. The van der Waals surface area contributed by atoms with E-state index in [1.807, 2.05) is 36.2 Å². The molecule has 0 aliphatic carbocycles. The third-order valence-corrected chi connectivity index (χ3v) is 8.09. The van der Waals surface area contributed by atoms with E-state index in [-0.39, 0.29) is 12.1 Å². The molecule has 152 valence electrons. The largest absolute Gasteiger partial charge is 0.338 e. The SMILES string of the molecule is CC[C@@H]1CSC2=N[C@@H](c3ccccn3)[C@H](c3ccccc3Sc3ccc(Cl)cc3)N21. The lowest BCUT2D eigenvalue weighted by molar-refractivity contribution is 0.252. The molecule has 2 aromatic carbocycles. The van der Waals surface area contributed by atoms with Crippen LogP contribution in [0.25, 0.3) is 0 Å². The van der Waals surface area contributed by atoms with Gasteiger partial charge in [-0.3, -0.25) is 9.98 Å². The topological polar surface area (TPSA) is 28.5 Å². The summed E-state index contributed by atoms with van der Waals surface area (Å²) in [6.07, 6.45) is 2.98. The van der Waals surface area contributed by atoms with E-state index >= 15 is 0 Å². The summed E-state index contributed by atoms with van der Waals surface area (Å²) in [5.41, 5.74) is 2.35. The first-order valence-corrected chi connectivity index (χ1v) is 12.3. The Balaban J connectivity index is 1.57. The van der Waals surface area contributed by atoms with Gasteiger partial charge >= 0.3 is 0 Å². The molecular weight excluding hydrogens is 430 g/mol. The summed E-state index contributed by atoms with van der Waals surface area (Å²) in [5.74, 6) is 1.10. The summed E-state index contributed by atoms with van der Waals surface area (Å²) >= 11 is 9.76. The van der Waals surface area contributed by atoms with Crippen LogP contribution in [-0.2, 0) is 0 Å². The molecule has 1 saturated heterocycles. The van der Waals surface area contributed by atoms with E-state index < -0.39 is 0 Å². The molecule has 1 aromatic heterocycles. The number of amidine groups is 1. The molecule has 0 unspecified atom stereocenters. The number of rotatable bonds is 5. The first-order chi connectivity index (χ1) is 14.7. The van der Waals surface area contributed by atoms with Crippen molar-refractivity contribution in [1.29, 1.82) is 0 Å². The highest BCUT2D eigenvalue weighted by molar-refractivity contribution is 8.14. The van der Waals surface area contributed by atoms with Crippen molar-refractivity contribution in [3.8, 4) is 0 Å². The number of benzene rings is 2. The summed E-state index contributed by atoms with van der Waals surface area (Å²) in [6, 6.07) is 23.6. The standard InChI is InChI=1S/C24H22ClN3S2/c1-2-17-15-29-24-27-22(20-8-5-6-14-26-20)23(28(17)24)19-7-3-4-9-21(19)30-18-12-10-16(25)11-13-18/h3-14,17,22-23H,2,15H2,1H3/t17-,22+,23+/m1/s1. The van der Waals surface area contributed by atoms with Crippen LogP contribution in [0.4, 0.5) is 0 Å². The van der Waals surface area contributed by atoms with E-state index in [1.54, 1.807) is 11.8 Å². The predicted molar refractivity (Wildman–Crippen MR) is 128 cm³/mol. The van der Waals surface area contributed by atoms with Crippen LogP contribution in [0.15, 0.2) is 87.7 Å². The van der Waals surface area contributed by atoms with Crippen molar-refractivity contribution in [3.63, 3.8) is 0 Å². The summed E-state index contributed by atoms with van der Waals surface area (Å²) in [4.78, 5) is 14.8. The van der Waals surface area contributed by atoms with Crippen molar-refractivity contribution < 1.29 is 0 Å². The Hall–Kier alpha value is -1.95. The first-order valence-electron chi connectivity index (χ1n) is 10.2. The molecule has 2 aliphatic heterocycles. The fourth-order valence-electron chi connectivity index (χ4n) is 4.13. The Morgan fingerprint density at radius 3 is 2.63 bits per heavy atom. The second-order valence-corrected chi connectivity index (χ2v) is 9.97. The van der Waals surface area contributed by atoms with Gasteiger partial charge in [-0.25, -0.2) is 0 Å². The van der Waals surface area contributed by atoms with Crippen molar-refractivity contribution >= 4 is 40.3 Å². The van der Waals surface area contributed by atoms with Crippen LogP contribution in [0.2, 0.25) is 5.02 Å². The van der Waals surface area contributed by atoms with E-state index in [1.165, 1.54) is 15.4 Å². The van der Waals surface area contributed by atoms with Crippen LogP contribution in [-0.4, -0.2) is 26.8 Å². The normalized spacial score (nSPS) is 22.8. The van der Waals surface area contributed by atoms with Crippen molar-refractivity contribution in [2.75, 3.05) is 5.75 Å². The maximum atomic E-state index is 6.09. The van der Waals surface area contributed by atoms with Crippen LogP contribution in [0, 0.1) is 0 Å².